The van der Waals surface area contributed by atoms with E-state index in [1.165, 1.54) is 6.07 Å². The lowest BCUT2D eigenvalue weighted by atomic mass is 10.1. The van der Waals surface area contributed by atoms with Crippen LogP contribution in [0.4, 0.5) is 5.00 Å². The van der Waals surface area contributed by atoms with E-state index in [4.69, 9.17) is 13.9 Å². The van der Waals surface area contributed by atoms with E-state index in [0.717, 1.165) is 22.3 Å². The van der Waals surface area contributed by atoms with Crippen molar-refractivity contribution < 1.29 is 23.5 Å². The first-order valence-corrected chi connectivity index (χ1v) is 10.3. The Bertz CT molecular complexity index is 1270. The smallest absolute Gasteiger partial charge is 0.348 e. The van der Waals surface area contributed by atoms with Crippen molar-refractivity contribution in [1.29, 1.82) is 5.26 Å². The van der Waals surface area contributed by atoms with Gasteiger partial charge in [0, 0.05) is 17.5 Å². The molecule has 0 fully saturated rings. The molecule has 0 spiro atoms. The Morgan fingerprint density at radius 1 is 1.29 bits per heavy atom. The average Bonchev–Trinajstić information content (AvgIpc) is 3.02. The predicted molar refractivity (Wildman–Crippen MR) is 116 cm³/mol. The summed E-state index contributed by atoms with van der Waals surface area (Å²) in [5, 5.41) is 13.1. The summed E-state index contributed by atoms with van der Waals surface area (Å²) in [5.41, 5.74) is 1.32. The van der Waals surface area contributed by atoms with Gasteiger partial charge < -0.3 is 19.2 Å². The molecule has 0 radical (unpaired) electrons. The number of benzene rings is 1. The zero-order chi connectivity index (χ0) is 22.7. The van der Waals surface area contributed by atoms with E-state index in [1.54, 1.807) is 45.9 Å². The van der Waals surface area contributed by atoms with Crippen molar-refractivity contribution in [3.63, 3.8) is 0 Å². The zero-order valence-electron chi connectivity index (χ0n) is 17.4. The summed E-state index contributed by atoms with van der Waals surface area (Å²) >= 11 is 0.982. The Morgan fingerprint density at radius 3 is 2.71 bits per heavy atom. The minimum absolute atomic E-state index is 0.204. The maximum Gasteiger partial charge on any atom is 0.348 e. The molecule has 1 unspecified atom stereocenters. The van der Waals surface area contributed by atoms with Gasteiger partial charge in [-0.05, 0) is 51.0 Å². The first-order valence-electron chi connectivity index (χ1n) is 9.47. The summed E-state index contributed by atoms with van der Waals surface area (Å²) in [6, 6.07) is 8.38. The summed E-state index contributed by atoms with van der Waals surface area (Å²) in [4.78, 5) is 36.6. The van der Waals surface area contributed by atoms with Crippen LogP contribution in [-0.4, -0.2) is 24.6 Å². The molecule has 0 aliphatic carbocycles. The van der Waals surface area contributed by atoms with Gasteiger partial charge in [0.05, 0.1) is 12.2 Å². The molecule has 1 aromatic carbocycles. The second-order valence-electron chi connectivity index (χ2n) is 6.75. The maximum absolute atomic E-state index is 12.6. The number of nitrogens with zero attached hydrogens (tertiary/aromatic N) is 1. The molecule has 3 rings (SSSR count). The fourth-order valence-electron chi connectivity index (χ4n) is 2.98. The van der Waals surface area contributed by atoms with Gasteiger partial charge in [0.15, 0.2) is 6.10 Å². The van der Waals surface area contributed by atoms with Gasteiger partial charge in [0.1, 0.15) is 27.3 Å². The van der Waals surface area contributed by atoms with Crippen molar-refractivity contribution in [3.8, 4) is 11.8 Å². The Hall–Kier alpha value is -3.64. The van der Waals surface area contributed by atoms with Crippen LogP contribution >= 0.6 is 11.3 Å². The standard InChI is InChI=1S/C22H20N2O6S/c1-5-28-22(27)19-12(3)16(10-23)21(31-19)24-20(26)13(4)29-14-6-7-15-11(2)8-18(25)30-17(15)9-14/h6-9,13H,5H2,1-4H3,(H,24,26). The topological polar surface area (TPSA) is 119 Å². The van der Waals surface area contributed by atoms with Crippen LogP contribution in [0.15, 0.2) is 33.5 Å². The minimum atomic E-state index is -0.922. The summed E-state index contributed by atoms with van der Waals surface area (Å²) in [6.07, 6.45) is -0.922. The molecule has 2 heterocycles. The third-order valence-electron chi connectivity index (χ3n) is 4.56. The monoisotopic (exact) mass is 440 g/mol. The zero-order valence-corrected chi connectivity index (χ0v) is 18.2. The van der Waals surface area contributed by atoms with Gasteiger partial charge in [-0.2, -0.15) is 5.26 Å². The van der Waals surface area contributed by atoms with E-state index in [0.29, 0.717) is 16.9 Å². The van der Waals surface area contributed by atoms with Crippen LogP contribution in [-0.2, 0) is 9.53 Å². The molecule has 1 atom stereocenters. The number of fused-ring (bicyclic) bond motifs is 1. The minimum Gasteiger partial charge on any atom is -0.481 e. The number of esters is 1. The van der Waals surface area contributed by atoms with E-state index in [1.807, 2.05) is 6.07 Å². The van der Waals surface area contributed by atoms with Crippen LogP contribution in [0, 0.1) is 25.2 Å². The molecule has 31 heavy (non-hydrogen) atoms. The number of hydrogen-bond acceptors (Lipinski definition) is 8. The summed E-state index contributed by atoms with van der Waals surface area (Å²) in [5.74, 6) is -0.697. The molecule has 2 aromatic heterocycles. The number of anilines is 1. The second kappa shape index (κ2) is 9.02. The van der Waals surface area contributed by atoms with Crippen LogP contribution in [0.2, 0.25) is 0 Å². The molecule has 0 aliphatic rings. The first kappa shape index (κ1) is 22.1. The highest BCUT2D eigenvalue weighted by molar-refractivity contribution is 7.18. The lowest BCUT2D eigenvalue weighted by Gasteiger charge is -2.14. The number of rotatable bonds is 6. The molecule has 0 aliphatic heterocycles. The van der Waals surface area contributed by atoms with Gasteiger partial charge in [0.25, 0.3) is 5.91 Å². The lowest BCUT2D eigenvalue weighted by Crippen LogP contribution is -2.30. The van der Waals surface area contributed by atoms with Crippen molar-refractivity contribution in [1.82, 2.24) is 0 Å². The predicted octanol–water partition coefficient (Wildman–Crippen LogP) is 3.93. The number of thiophene rings is 1. The largest absolute Gasteiger partial charge is 0.481 e. The van der Waals surface area contributed by atoms with Crippen LogP contribution < -0.4 is 15.7 Å². The lowest BCUT2D eigenvalue weighted by molar-refractivity contribution is -0.122. The highest BCUT2D eigenvalue weighted by Gasteiger charge is 2.24. The van der Waals surface area contributed by atoms with Gasteiger partial charge in [-0.3, -0.25) is 4.79 Å². The van der Waals surface area contributed by atoms with Gasteiger partial charge >= 0.3 is 11.6 Å². The summed E-state index contributed by atoms with van der Waals surface area (Å²) in [6.45, 7) is 6.87. The SMILES string of the molecule is CCOC(=O)c1sc(NC(=O)C(C)Oc2ccc3c(C)cc(=O)oc3c2)c(C#N)c1C. The molecule has 1 amide bonds. The van der Waals surface area contributed by atoms with Gasteiger partial charge in [0.2, 0.25) is 0 Å². The Morgan fingerprint density at radius 2 is 2.03 bits per heavy atom. The van der Waals surface area contributed by atoms with Crippen LogP contribution in [0.3, 0.4) is 0 Å². The van der Waals surface area contributed by atoms with Gasteiger partial charge in [-0.25, -0.2) is 9.59 Å². The normalized spacial score (nSPS) is 11.6. The quantitative estimate of drug-likeness (QED) is 0.456. The van der Waals surface area contributed by atoms with Gasteiger partial charge in [-0.1, -0.05) is 0 Å². The van der Waals surface area contributed by atoms with E-state index >= 15 is 0 Å². The van der Waals surface area contributed by atoms with E-state index < -0.39 is 23.6 Å². The van der Waals surface area contributed by atoms with Crippen LogP contribution in [0.25, 0.3) is 11.0 Å². The highest BCUT2D eigenvalue weighted by atomic mass is 32.1. The number of nitrogens with one attached hydrogen (secondary N) is 1. The third-order valence-corrected chi connectivity index (χ3v) is 5.75. The fraction of sp³-hybridized carbons (Fsp3) is 0.273. The number of carbonyl (C=O) groups is 2. The number of hydrogen-bond donors (Lipinski definition) is 1. The molecular formula is C22H20N2O6S. The number of amides is 1. The van der Waals surface area contributed by atoms with Gasteiger partial charge in [-0.15, -0.1) is 11.3 Å². The average molecular weight is 440 g/mol. The van der Waals surface area contributed by atoms with Crippen molar-refractivity contribution >= 4 is 39.2 Å². The van der Waals surface area contributed by atoms with Crippen molar-refractivity contribution in [3.05, 3.63) is 56.3 Å². The fourth-order valence-corrected chi connectivity index (χ4v) is 4.03. The highest BCUT2D eigenvalue weighted by Crippen LogP contribution is 2.33. The van der Waals surface area contributed by atoms with E-state index in [2.05, 4.69) is 5.32 Å². The van der Waals surface area contributed by atoms with Crippen LogP contribution in [0.5, 0.6) is 5.75 Å². The van der Waals surface area contributed by atoms with E-state index in [-0.39, 0.29) is 22.0 Å². The summed E-state index contributed by atoms with van der Waals surface area (Å²) < 4.78 is 15.9. The van der Waals surface area contributed by atoms with Crippen molar-refractivity contribution in [2.75, 3.05) is 11.9 Å². The maximum atomic E-state index is 12.6. The Kier molecular flexibility index (Phi) is 6.42. The first-order chi connectivity index (χ1) is 14.7. The summed E-state index contributed by atoms with van der Waals surface area (Å²) in [7, 11) is 0. The number of aryl methyl sites for hydroxylation is 1. The molecular weight excluding hydrogens is 420 g/mol. The number of nitriles is 1. The molecule has 9 heteroatoms. The Labute approximate surface area is 182 Å². The third kappa shape index (κ3) is 4.59. The second-order valence-corrected chi connectivity index (χ2v) is 7.77. The molecule has 0 saturated heterocycles. The van der Waals surface area contributed by atoms with Crippen molar-refractivity contribution in [2.45, 2.75) is 33.8 Å². The van der Waals surface area contributed by atoms with Crippen molar-refractivity contribution in [2.24, 2.45) is 0 Å². The molecule has 0 bridgehead atoms. The molecule has 160 valence electrons. The molecule has 1 N–H and O–H groups in total. The number of carbonyl (C=O) groups excluding carboxylic acids is 2. The molecule has 8 nitrogen and oxygen atoms in total. The molecule has 0 saturated carbocycles. The molecule has 3 aromatic rings. The number of ether oxygens (including phenoxy) is 2. The van der Waals surface area contributed by atoms with Crippen LogP contribution in [0.1, 0.15) is 40.2 Å². The van der Waals surface area contributed by atoms with E-state index in [9.17, 15) is 19.6 Å². The Balaban J connectivity index is 1.79.